The maximum absolute atomic E-state index is 12.2. The minimum absolute atomic E-state index is 0.0377. The summed E-state index contributed by atoms with van der Waals surface area (Å²) in [6, 6.07) is 14.1. The quantitative estimate of drug-likeness (QED) is 0.436. The van der Waals surface area contributed by atoms with Crippen molar-refractivity contribution in [1.29, 1.82) is 0 Å². The SMILES string of the molecule is Cc1ccc(-n2ccnc2SCC(=O)Nc2ccccc2I)c(C)c1. The third kappa shape index (κ3) is 4.43. The molecule has 0 fully saturated rings. The molecule has 2 aromatic carbocycles. The summed E-state index contributed by atoms with van der Waals surface area (Å²) in [6.07, 6.45) is 3.69. The first-order chi connectivity index (χ1) is 12.0. The number of nitrogens with one attached hydrogen (secondary N) is 1. The van der Waals surface area contributed by atoms with Crippen LogP contribution in [-0.2, 0) is 4.79 Å². The minimum atomic E-state index is -0.0377. The number of para-hydroxylation sites is 1. The zero-order valence-electron chi connectivity index (χ0n) is 14.0. The molecule has 0 atom stereocenters. The van der Waals surface area contributed by atoms with Gasteiger partial charge in [-0.2, -0.15) is 0 Å². The number of hydrogen-bond acceptors (Lipinski definition) is 3. The minimum Gasteiger partial charge on any atom is -0.324 e. The van der Waals surface area contributed by atoms with Crippen LogP contribution in [0.25, 0.3) is 5.69 Å². The van der Waals surface area contributed by atoms with Crippen molar-refractivity contribution in [3.05, 3.63) is 69.6 Å². The number of imidazole rings is 1. The molecule has 0 saturated heterocycles. The van der Waals surface area contributed by atoms with E-state index < -0.39 is 0 Å². The van der Waals surface area contributed by atoms with Crippen LogP contribution in [0.4, 0.5) is 5.69 Å². The predicted octanol–water partition coefficient (Wildman–Crippen LogP) is 4.82. The molecule has 1 aromatic heterocycles. The number of halogens is 1. The van der Waals surface area contributed by atoms with Crippen LogP contribution < -0.4 is 5.32 Å². The molecule has 3 rings (SSSR count). The fourth-order valence-corrected chi connectivity index (χ4v) is 3.82. The van der Waals surface area contributed by atoms with E-state index in [9.17, 15) is 4.79 Å². The van der Waals surface area contributed by atoms with Crippen LogP contribution in [-0.4, -0.2) is 21.2 Å². The smallest absolute Gasteiger partial charge is 0.234 e. The summed E-state index contributed by atoms with van der Waals surface area (Å²) >= 11 is 3.65. The largest absolute Gasteiger partial charge is 0.324 e. The Hall–Kier alpha value is -1.80. The Balaban J connectivity index is 1.69. The Morgan fingerprint density at radius 2 is 2.04 bits per heavy atom. The van der Waals surface area contributed by atoms with Crippen molar-refractivity contribution in [2.45, 2.75) is 19.0 Å². The second kappa shape index (κ2) is 8.05. The first kappa shape index (κ1) is 18.0. The molecule has 0 radical (unpaired) electrons. The van der Waals surface area contributed by atoms with Crippen LogP contribution in [0.3, 0.4) is 0 Å². The van der Waals surface area contributed by atoms with Gasteiger partial charge in [0.25, 0.3) is 0 Å². The van der Waals surface area contributed by atoms with Crippen LogP contribution in [0, 0.1) is 17.4 Å². The molecule has 25 heavy (non-hydrogen) atoms. The van der Waals surface area contributed by atoms with E-state index in [1.54, 1.807) is 6.20 Å². The molecular weight excluding hydrogens is 445 g/mol. The van der Waals surface area contributed by atoms with Crippen LogP contribution in [0.15, 0.2) is 60.0 Å². The average Bonchev–Trinajstić information content (AvgIpc) is 3.03. The Labute approximate surface area is 165 Å². The van der Waals surface area contributed by atoms with Crippen LogP contribution in [0.1, 0.15) is 11.1 Å². The number of benzene rings is 2. The number of carbonyl (C=O) groups is 1. The number of carbonyl (C=O) groups excluding carboxylic acids is 1. The molecular formula is C19H18IN3OS. The number of anilines is 1. The number of aromatic nitrogens is 2. The summed E-state index contributed by atoms with van der Waals surface area (Å²) in [7, 11) is 0. The van der Waals surface area contributed by atoms with E-state index >= 15 is 0 Å². The van der Waals surface area contributed by atoms with Crippen molar-refractivity contribution in [1.82, 2.24) is 9.55 Å². The maximum atomic E-state index is 12.2. The van der Waals surface area contributed by atoms with Gasteiger partial charge in [0.1, 0.15) is 0 Å². The number of rotatable bonds is 5. The molecule has 6 heteroatoms. The summed E-state index contributed by atoms with van der Waals surface area (Å²) in [5.41, 5.74) is 4.34. The first-order valence-electron chi connectivity index (χ1n) is 7.83. The summed E-state index contributed by atoms with van der Waals surface area (Å²) < 4.78 is 3.05. The predicted molar refractivity (Wildman–Crippen MR) is 112 cm³/mol. The highest BCUT2D eigenvalue weighted by atomic mass is 127. The van der Waals surface area contributed by atoms with E-state index in [1.807, 2.05) is 35.0 Å². The lowest BCUT2D eigenvalue weighted by Crippen LogP contribution is -2.15. The average molecular weight is 463 g/mol. The van der Waals surface area contributed by atoms with E-state index in [0.29, 0.717) is 5.75 Å². The van der Waals surface area contributed by atoms with Gasteiger partial charge in [-0.15, -0.1) is 0 Å². The van der Waals surface area contributed by atoms with Gasteiger partial charge in [-0.05, 0) is 60.2 Å². The molecule has 0 aliphatic carbocycles. The zero-order valence-corrected chi connectivity index (χ0v) is 17.0. The number of hydrogen-bond donors (Lipinski definition) is 1. The molecule has 1 amide bonds. The summed E-state index contributed by atoms with van der Waals surface area (Å²) in [5, 5.41) is 3.76. The third-order valence-corrected chi connectivity index (χ3v) is 5.61. The number of aryl methyl sites for hydroxylation is 2. The molecule has 0 unspecified atom stereocenters. The van der Waals surface area contributed by atoms with E-state index in [1.165, 1.54) is 22.9 Å². The number of amides is 1. The topological polar surface area (TPSA) is 46.9 Å². The van der Waals surface area contributed by atoms with Gasteiger partial charge in [0.05, 0.1) is 17.1 Å². The van der Waals surface area contributed by atoms with Gasteiger partial charge in [-0.1, -0.05) is 41.6 Å². The molecule has 0 aliphatic heterocycles. The Bertz CT molecular complexity index is 907. The molecule has 0 spiro atoms. The highest BCUT2D eigenvalue weighted by Crippen LogP contribution is 2.24. The zero-order chi connectivity index (χ0) is 17.8. The number of nitrogens with zero attached hydrogens (tertiary/aromatic N) is 2. The molecule has 1 N–H and O–H groups in total. The van der Waals surface area contributed by atoms with Crippen LogP contribution in [0.2, 0.25) is 0 Å². The van der Waals surface area contributed by atoms with Crippen LogP contribution in [0.5, 0.6) is 0 Å². The van der Waals surface area contributed by atoms with Gasteiger partial charge in [0.15, 0.2) is 5.16 Å². The molecule has 0 bridgehead atoms. The third-order valence-electron chi connectivity index (χ3n) is 3.70. The van der Waals surface area contributed by atoms with E-state index in [2.05, 4.69) is 64.9 Å². The van der Waals surface area contributed by atoms with Crippen LogP contribution >= 0.6 is 34.4 Å². The standard InChI is InChI=1S/C19H18IN3OS/c1-13-7-8-17(14(2)11-13)23-10-9-21-19(23)25-12-18(24)22-16-6-4-3-5-15(16)20/h3-11H,12H2,1-2H3,(H,22,24). The Morgan fingerprint density at radius 3 is 2.80 bits per heavy atom. The van der Waals surface area contributed by atoms with Crippen molar-refractivity contribution < 1.29 is 4.79 Å². The molecule has 128 valence electrons. The summed E-state index contributed by atoms with van der Waals surface area (Å²) in [6.45, 7) is 4.16. The molecule has 0 aliphatic rings. The van der Waals surface area contributed by atoms with Gasteiger partial charge in [0.2, 0.25) is 5.91 Å². The van der Waals surface area contributed by atoms with E-state index in [0.717, 1.165) is 20.1 Å². The van der Waals surface area contributed by atoms with Gasteiger partial charge in [-0.25, -0.2) is 4.98 Å². The number of thioether (sulfide) groups is 1. The van der Waals surface area contributed by atoms with E-state index in [-0.39, 0.29) is 5.91 Å². The lowest BCUT2D eigenvalue weighted by Gasteiger charge is -2.11. The molecule has 3 aromatic rings. The van der Waals surface area contributed by atoms with Gasteiger partial charge >= 0.3 is 0 Å². The normalized spacial score (nSPS) is 10.7. The first-order valence-corrected chi connectivity index (χ1v) is 9.89. The maximum Gasteiger partial charge on any atom is 0.234 e. The monoisotopic (exact) mass is 463 g/mol. The fourth-order valence-electron chi connectivity index (χ4n) is 2.53. The van der Waals surface area contributed by atoms with E-state index in [4.69, 9.17) is 0 Å². The summed E-state index contributed by atoms with van der Waals surface area (Å²) in [5.74, 6) is 0.275. The van der Waals surface area contributed by atoms with Crippen molar-refractivity contribution in [3.8, 4) is 5.69 Å². The van der Waals surface area contributed by atoms with Crippen molar-refractivity contribution in [3.63, 3.8) is 0 Å². The second-order valence-electron chi connectivity index (χ2n) is 5.69. The van der Waals surface area contributed by atoms with Crippen molar-refractivity contribution in [2.75, 3.05) is 11.1 Å². The molecule has 0 saturated carbocycles. The van der Waals surface area contributed by atoms with Crippen molar-refractivity contribution >= 4 is 45.9 Å². The highest BCUT2D eigenvalue weighted by Gasteiger charge is 2.11. The van der Waals surface area contributed by atoms with Gasteiger partial charge in [0, 0.05) is 16.0 Å². The van der Waals surface area contributed by atoms with Crippen molar-refractivity contribution in [2.24, 2.45) is 0 Å². The van der Waals surface area contributed by atoms with Gasteiger partial charge < -0.3 is 5.32 Å². The lowest BCUT2D eigenvalue weighted by atomic mass is 10.1. The fraction of sp³-hybridized carbons (Fsp3) is 0.158. The molecule has 4 nitrogen and oxygen atoms in total. The Morgan fingerprint density at radius 1 is 1.24 bits per heavy atom. The highest BCUT2D eigenvalue weighted by molar-refractivity contribution is 14.1. The molecule has 1 heterocycles. The van der Waals surface area contributed by atoms with Gasteiger partial charge in [-0.3, -0.25) is 9.36 Å². The second-order valence-corrected chi connectivity index (χ2v) is 7.79. The lowest BCUT2D eigenvalue weighted by molar-refractivity contribution is -0.113. The summed E-state index contributed by atoms with van der Waals surface area (Å²) in [4.78, 5) is 16.6. The Kier molecular flexibility index (Phi) is 5.80.